The lowest BCUT2D eigenvalue weighted by atomic mass is 9.69. The van der Waals surface area contributed by atoms with Gasteiger partial charge in [-0.25, -0.2) is 0 Å². The van der Waals surface area contributed by atoms with E-state index in [-0.39, 0.29) is 0 Å². The number of hydrogen-bond acceptors (Lipinski definition) is 3. The molecule has 3 heteroatoms. The Balaban J connectivity index is 1.98. The maximum Gasteiger partial charge on any atom is 0.117 e. The van der Waals surface area contributed by atoms with Crippen molar-refractivity contribution < 1.29 is 4.42 Å². The van der Waals surface area contributed by atoms with Crippen LogP contribution in [-0.4, -0.2) is 24.5 Å². The number of nitrogens with two attached hydrogens (primary N) is 1. The molecule has 0 bridgehead atoms. The first-order chi connectivity index (χ1) is 9.17. The second-order valence-electron chi connectivity index (χ2n) is 6.29. The van der Waals surface area contributed by atoms with Gasteiger partial charge in [0, 0.05) is 6.54 Å². The van der Waals surface area contributed by atoms with E-state index in [1.807, 2.05) is 6.07 Å². The van der Waals surface area contributed by atoms with Gasteiger partial charge in [-0.3, -0.25) is 4.90 Å². The van der Waals surface area contributed by atoms with Gasteiger partial charge in [0.15, 0.2) is 0 Å². The maximum absolute atomic E-state index is 6.13. The Hall–Kier alpha value is -0.800. The Morgan fingerprint density at radius 3 is 2.95 bits per heavy atom. The van der Waals surface area contributed by atoms with E-state index < -0.39 is 0 Å². The first-order valence-electron chi connectivity index (χ1n) is 7.62. The van der Waals surface area contributed by atoms with Crippen LogP contribution in [0.3, 0.4) is 0 Å². The molecule has 1 saturated carbocycles. The van der Waals surface area contributed by atoms with Crippen LogP contribution in [0.5, 0.6) is 0 Å². The summed E-state index contributed by atoms with van der Waals surface area (Å²) in [7, 11) is 0. The van der Waals surface area contributed by atoms with E-state index in [0.29, 0.717) is 5.41 Å². The topological polar surface area (TPSA) is 42.4 Å². The van der Waals surface area contributed by atoms with Gasteiger partial charge in [-0.2, -0.15) is 0 Å². The predicted molar refractivity (Wildman–Crippen MR) is 78.8 cm³/mol. The molecule has 2 atom stereocenters. The molecule has 0 radical (unpaired) electrons. The van der Waals surface area contributed by atoms with E-state index in [0.717, 1.165) is 37.9 Å². The highest BCUT2D eigenvalue weighted by Crippen LogP contribution is 2.39. The third-order valence-corrected chi connectivity index (χ3v) is 4.58. The van der Waals surface area contributed by atoms with Crippen LogP contribution in [0, 0.1) is 11.3 Å². The summed E-state index contributed by atoms with van der Waals surface area (Å²) in [6.07, 6.45) is 7.01. The van der Waals surface area contributed by atoms with Crippen molar-refractivity contribution in [1.29, 1.82) is 0 Å². The van der Waals surface area contributed by atoms with Crippen molar-refractivity contribution in [3.63, 3.8) is 0 Å². The molecule has 0 aromatic carbocycles. The lowest BCUT2D eigenvalue weighted by molar-refractivity contribution is 0.0837. The molecule has 0 saturated heterocycles. The van der Waals surface area contributed by atoms with E-state index in [2.05, 4.69) is 24.8 Å². The highest BCUT2D eigenvalue weighted by Gasteiger charge is 2.35. The lowest BCUT2D eigenvalue weighted by Crippen LogP contribution is -2.45. The Bertz CT molecular complexity index is 363. The molecule has 19 heavy (non-hydrogen) atoms. The quantitative estimate of drug-likeness (QED) is 0.857. The molecule has 1 aliphatic rings. The second-order valence-corrected chi connectivity index (χ2v) is 6.29. The minimum atomic E-state index is 0.320. The zero-order valence-electron chi connectivity index (χ0n) is 12.4. The van der Waals surface area contributed by atoms with Crippen LogP contribution in [0.15, 0.2) is 22.8 Å². The minimum Gasteiger partial charge on any atom is -0.468 e. The van der Waals surface area contributed by atoms with Gasteiger partial charge in [0.2, 0.25) is 0 Å². The van der Waals surface area contributed by atoms with Gasteiger partial charge in [-0.05, 0) is 49.4 Å². The summed E-state index contributed by atoms with van der Waals surface area (Å²) in [6.45, 7) is 8.46. The molecule has 2 N–H and O–H groups in total. The smallest absolute Gasteiger partial charge is 0.117 e. The average molecular weight is 264 g/mol. The summed E-state index contributed by atoms with van der Waals surface area (Å²) >= 11 is 0. The fourth-order valence-corrected chi connectivity index (χ4v) is 3.54. The Morgan fingerprint density at radius 1 is 1.53 bits per heavy atom. The largest absolute Gasteiger partial charge is 0.468 e. The number of furan rings is 1. The van der Waals surface area contributed by atoms with Gasteiger partial charge in [-0.15, -0.1) is 0 Å². The van der Waals surface area contributed by atoms with Gasteiger partial charge in [0.05, 0.1) is 12.8 Å². The summed E-state index contributed by atoms with van der Waals surface area (Å²) in [4.78, 5) is 2.48. The van der Waals surface area contributed by atoms with E-state index in [9.17, 15) is 0 Å². The lowest BCUT2D eigenvalue weighted by Gasteiger charge is -2.42. The second kappa shape index (κ2) is 6.58. The third-order valence-electron chi connectivity index (χ3n) is 4.58. The molecule has 0 spiro atoms. The number of hydrogen-bond donors (Lipinski definition) is 1. The molecule has 1 fully saturated rings. The zero-order chi connectivity index (χ0) is 13.7. The number of nitrogens with zero attached hydrogens (tertiary/aromatic N) is 1. The van der Waals surface area contributed by atoms with Crippen LogP contribution >= 0.6 is 0 Å². The fourth-order valence-electron chi connectivity index (χ4n) is 3.54. The first-order valence-corrected chi connectivity index (χ1v) is 7.62. The normalized spacial score (nSPS) is 27.9. The molecule has 2 rings (SSSR count). The van der Waals surface area contributed by atoms with Crippen molar-refractivity contribution in [2.75, 3.05) is 19.6 Å². The van der Waals surface area contributed by atoms with E-state index in [1.54, 1.807) is 6.26 Å². The molecule has 1 aromatic rings. The Morgan fingerprint density at radius 2 is 2.37 bits per heavy atom. The van der Waals surface area contributed by atoms with E-state index in [1.165, 1.54) is 25.7 Å². The highest BCUT2D eigenvalue weighted by atomic mass is 16.3. The Labute approximate surface area is 117 Å². The van der Waals surface area contributed by atoms with Crippen molar-refractivity contribution in [3.8, 4) is 0 Å². The highest BCUT2D eigenvalue weighted by molar-refractivity contribution is 4.98. The monoisotopic (exact) mass is 264 g/mol. The molecule has 1 heterocycles. The maximum atomic E-state index is 6.13. The fraction of sp³-hybridized carbons (Fsp3) is 0.750. The van der Waals surface area contributed by atoms with Crippen molar-refractivity contribution >= 4 is 0 Å². The molecule has 1 aliphatic carbocycles. The summed E-state index contributed by atoms with van der Waals surface area (Å²) in [6, 6.07) is 4.02. The standard InChI is InChI=1S/C16H28N2O/c1-3-18(11-15-7-5-9-19-15)13-16(12-17)8-4-6-14(2)10-16/h5,7,9,14H,3-4,6,8,10-13,17H2,1-2H3. The van der Waals surface area contributed by atoms with E-state index in [4.69, 9.17) is 10.2 Å². The average Bonchev–Trinajstić information content (AvgIpc) is 2.91. The molecule has 2 unspecified atom stereocenters. The summed E-state index contributed by atoms with van der Waals surface area (Å²) in [5.74, 6) is 1.87. The minimum absolute atomic E-state index is 0.320. The van der Waals surface area contributed by atoms with Gasteiger partial charge in [0.1, 0.15) is 5.76 Å². The van der Waals surface area contributed by atoms with Crippen molar-refractivity contribution in [2.24, 2.45) is 17.1 Å². The van der Waals surface area contributed by atoms with Crippen LogP contribution in [0.25, 0.3) is 0 Å². The van der Waals surface area contributed by atoms with Gasteiger partial charge in [0.25, 0.3) is 0 Å². The van der Waals surface area contributed by atoms with Gasteiger partial charge in [-0.1, -0.05) is 26.7 Å². The van der Waals surface area contributed by atoms with Gasteiger partial charge < -0.3 is 10.2 Å². The summed E-state index contributed by atoms with van der Waals surface area (Å²) in [5, 5.41) is 0. The molecule has 0 aliphatic heterocycles. The van der Waals surface area contributed by atoms with Crippen LogP contribution < -0.4 is 5.73 Å². The zero-order valence-corrected chi connectivity index (χ0v) is 12.4. The van der Waals surface area contributed by atoms with Gasteiger partial charge >= 0.3 is 0 Å². The first kappa shape index (κ1) is 14.6. The Kier molecular flexibility index (Phi) is 5.06. The molecule has 1 aromatic heterocycles. The third kappa shape index (κ3) is 3.83. The predicted octanol–water partition coefficient (Wildman–Crippen LogP) is 3.26. The molecule has 108 valence electrons. The SMILES string of the molecule is CCN(Cc1ccco1)CC1(CN)CCCC(C)C1. The van der Waals surface area contributed by atoms with Crippen LogP contribution in [-0.2, 0) is 6.54 Å². The van der Waals surface area contributed by atoms with Crippen LogP contribution in [0.4, 0.5) is 0 Å². The molecular weight excluding hydrogens is 236 g/mol. The molecular formula is C16H28N2O. The molecule has 3 nitrogen and oxygen atoms in total. The van der Waals surface area contributed by atoms with Crippen molar-refractivity contribution in [1.82, 2.24) is 4.90 Å². The van der Waals surface area contributed by atoms with Crippen molar-refractivity contribution in [3.05, 3.63) is 24.2 Å². The van der Waals surface area contributed by atoms with E-state index >= 15 is 0 Å². The number of rotatable bonds is 6. The van der Waals surface area contributed by atoms with Crippen molar-refractivity contribution in [2.45, 2.75) is 46.1 Å². The summed E-state index contributed by atoms with van der Waals surface area (Å²) < 4.78 is 5.47. The molecule has 0 amide bonds. The van der Waals surface area contributed by atoms with Crippen LogP contribution in [0.1, 0.15) is 45.3 Å². The van der Waals surface area contributed by atoms with Crippen LogP contribution in [0.2, 0.25) is 0 Å². The summed E-state index contributed by atoms with van der Waals surface area (Å²) in [5.41, 5.74) is 6.45.